The number of para-hydroxylation sites is 1. The summed E-state index contributed by atoms with van der Waals surface area (Å²) in [6.45, 7) is 4.36. The van der Waals surface area contributed by atoms with Gasteiger partial charge in [-0.25, -0.2) is 0 Å². The minimum absolute atomic E-state index is 0.0132. The van der Waals surface area contributed by atoms with Crippen LogP contribution >= 0.6 is 0 Å². The van der Waals surface area contributed by atoms with Gasteiger partial charge in [-0.2, -0.15) is 0 Å². The smallest absolute Gasteiger partial charge is 0.196 e. The van der Waals surface area contributed by atoms with E-state index in [1.54, 1.807) is 12.1 Å². The predicted octanol–water partition coefficient (Wildman–Crippen LogP) is 3.91. The van der Waals surface area contributed by atoms with Crippen LogP contribution in [0.5, 0.6) is 11.5 Å². The standard InChI is InChI=1S/C19H16O3/c1-2-10-21-16-7-5-6-14(12-16)11-15-13-22-18-9-4-3-8-17(18)19(15)20/h2-9,11-12H,1,10,13H2/b15-11+. The largest absolute Gasteiger partial charge is 0.490 e. The van der Waals surface area contributed by atoms with E-state index in [1.165, 1.54) is 0 Å². The molecule has 2 aromatic rings. The zero-order chi connectivity index (χ0) is 15.4. The van der Waals surface area contributed by atoms with E-state index in [0.29, 0.717) is 23.5 Å². The molecule has 3 nitrogen and oxygen atoms in total. The molecule has 110 valence electrons. The van der Waals surface area contributed by atoms with E-state index < -0.39 is 0 Å². The zero-order valence-corrected chi connectivity index (χ0v) is 12.1. The van der Waals surface area contributed by atoms with Gasteiger partial charge in [-0.05, 0) is 35.9 Å². The highest BCUT2D eigenvalue weighted by Crippen LogP contribution is 2.28. The van der Waals surface area contributed by atoms with E-state index in [-0.39, 0.29) is 12.4 Å². The third-order valence-corrected chi connectivity index (χ3v) is 3.37. The summed E-state index contributed by atoms with van der Waals surface area (Å²) in [5, 5.41) is 0. The normalized spacial score (nSPS) is 15.1. The number of carbonyl (C=O) groups excluding carboxylic acids is 1. The summed E-state index contributed by atoms with van der Waals surface area (Å²) in [6, 6.07) is 14.9. The van der Waals surface area contributed by atoms with Crippen molar-refractivity contribution in [2.45, 2.75) is 0 Å². The van der Waals surface area contributed by atoms with Crippen LogP contribution in [0.15, 0.2) is 66.8 Å². The minimum atomic E-state index is 0.0132. The van der Waals surface area contributed by atoms with Crippen molar-refractivity contribution in [3.05, 3.63) is 77.9 Å². The number of fused-ring (bicyclic) bond motifs is 1. The van der Waals surface area contributed by atoms with Gasteiger partial charge in [0.2, 0.25) is 0 Å². The van der Waals surface area contributed by atoms with Crippen LogP contribution < -0.4 is 9.47 Å². The molecule has 0 radical (unpaired) electrons. The predicted molar refractivity (Wildman–Crippen MR) is 86.4 cm³/mol. The van der Waals surface area contributed by atoms with Crippen LogP contribution in [0, 0.1) is 0 Å². The SMILES string of the molecule is C=CCOc1cccc(/C=C2\COc3ccccc3C2=O)c1. The number of hydrogen-bond acceptors (Lipinski definition) is 3. The second kappa shape index (κ2) is 6.31. The monoisotopic (exact) mass is 292 g/mol. The molecule has 0 saturated carbocycles. The average molecular weight is 292 g/mol. The van der Waals surface area contributed by atoms with E-state index in [0.717, 1.165) is 11.3 Å². The fourth-order valence-corrected chi connectivity index (χ4v) is 2.33. The number of hydrogen-bond donors (Lipinski definition) is 0. The van der Waals surface area contributed by atoms with Crippen LogP contribution in [0.3, 0.4) is 0 Å². The summed E-state index contributed by atoms with van der Waals surface area (Å²) in [5.74, 6) is 1.41. The van der Waals surface area contributed by atoms with E-state index in [2.05, 4.69) is 6.58 Å². The number of rotatable bonds is 4. The van der Waals surface area contributed by atoms with E-state index in [9.17, 15) is 4.79 Å². The highest BCUT2D eigenvalue weighted by atomic mass is 16.5. The molecule has 1 heterocycles. The van der Waals surface area contributed by atoms with Gasteiger partial charge in [0.25, 0.3) is 0 Å². The Balaban J connectivity index is 1.87. The Morgan fingerprint density at radius 3 is 2.91 bits per heavy atom. The maximum Gasteiger partial charge on any atom is 0.196 e. The molecule has 3 heteroatoms. The van der Waals surface area contributed by atoms with Crippen molar-refractivity contribution < 1.29 is 14.3 Å². The number of Topliss-reactive ketones (excluding diaryl/α,β-unsaturated/α-hetero) is 1. The molecule has 0 atom stereocenters. The van der Waals surface area contributed by atoms with Gasteiger partial charge in [0.05, 0.1) is 5.56 Å². The molecule has 0 fully saturated rings. The molecule has 0 amide bonds. The third-order valence-electron chi connectivity index (χ3n) is 3.37. The Morgan fingerprint density at radius 2 is 2.05 bits per heavy atom. The van der Waals surface area contributed by atoms with Crippen LogP contribution in [0.25, 0.3) is 6.08 Å². The summed E-state index contributed by atoms with van der Waals surface area (Å²) < 4.78 is 11.1. The first-order valence-electron chi connectivity index (χ1n) is 7.09. The van der Waals surface area contributed by atoms with Gasteiger partial charge in [0.15, 0.2) is 5.78 Å². The number of benzene rings is 2. The first kappa shape index (κ1) is 14.1. The molecule has 0 saturated heterocycles. The van der Waals surface area contributed by atoms with Crippen molar-refractivity contribution in [2.24, 2.45) is 0 Å². The summed E-state index contributed by atoms with van der Waals surface area (Å²) in [4.78, 5) is 12.5. The van der Waals surface area contributed by atoms with Crippen molar-refractivity contribution in [1.29, 1.82) is 0 Å². The highest BCUT2D eigenvalue weighted by Gasteiger charge is 2.22. The number of carbonyl (C=O) groups is 1. The lowest BCUT2D eigenvalue weighted by molar-refractivity contribution is 0.100. The van der Waals surface area contributed by atoms with Crippen molar-refractivity contribution in [3.8, 4) is 11.5 Å². The van der Waals surface area contributed by atoms with Gasteiger partial charge in [-0.1, -0.05) is 36.9 Å². The Hall–Kier alpha value is -2.81. The summed E-state index contributed by atoms with van der Waals surface area (Å²) >= 11 is 0. The molecule has 3 rings (SSSR count). The zero-order valence-electron chi connectivity index (χ0n) is 12.1. The van der Waals surface area contributed by atoms with Gasteiger partial charge in [0, 0.05) is 5.57 Å². The lowest BCUT2D eigenvalue weighted by Crippen LogP contribution is -2.18. The highest BCUT2D eigenvalue weighted by molar-refractivity contribution is 6.14. The molecule has 22 heavy (non-hydrogen) atoms. The van der Waals surface area contributed by atoms with Crippen molar-refractivity contribution in [3.63, 3.8) is 0 Å². The molecule has 0 unspecified atom stereocenters. The van der Waals surface area contributed by atoms with Gasteiger partial charge >= 0.3 is 0 Å². The Bertz CT molecular complexity index is 744. The molecule has 0 bridgehead atoms. The topological polar surface area (TPSA) is 35.5 Å². The molecule has 1 aliphatic heterocycles. The maximum atomic E-state index is 12.5. The third kappa shape index (κ3) is 2.93. The molecule has 1 aliphatic rings. The van der Waals surface area contributed by atoms with E-state index in [1.807, 2.05) is 48.5 Å². The molecular formula is C19H16O3. The second-order valence-corrected chi connectivity index (χ2v) is 4.96. The van der Waals surface area contributed by atoms with Crippen LogP contribution in [0.1, 0.15) is 15.9 Å². The van der Waals surface area contributed by atoms with Gasteiger partial charge in [-0.15, -0.1) is 0 Å². The van der Waals surface area contributed by atoms with Crippen molar-refractivity contribution in [1.82, 2.24) is 0 Å². The van der Waals surface area contributed by atoms with Gasteiger partial charge in [-0.3, -0.25) is 4.79 Å². The first-order chi connectivity index (χ1) is 10.8. The summed E-state index contributed by atoms with van der Waals surface area (Å²) in [5.41, 5.74) is 2.16. The minimum Gasteiger partial charge on any atom is -0.490 e. The van der Waals surface area contributed by atoms with E-state index >= 15 is 0 Å². The average Bonchev–Trinajstić information content (AvgIpc) is 2.56. The van der Waals surface area contributed by atoms with Gasteiger partial charge < -0.3 is 9.47 Å². The molecule has 0 spiro atoms. The summed E-state index contributed by atoms with van der Waals surface area (Å²) in [6.07, 6.45) is 3.54. The van der Waals surface area contributed by atoms with Crippen LogP contribution in [-0.2, 0) is 0 Å². The molecule has 0 aliphatic carbocycles. The second-order valence-electron chi connectivity index (χ2n) is 4.96. The molecule has 2 aromatic carbocycles. The van der Waals surface area contributed by atoms with Crippen LogP contribution in [0.2, 0.25) is 0 Å². The lowest BCUT2D eigenvalue weighted by atomic mass is 9.98. The molecule has 0 aromatic heterocycles. The van der Waals surface area contributed by atoms with Crippen LogP contribution in [0.4, 0.5) is 0 Å². The van der Waals surface area contributed by atoms with Crippen LogP contribution in [-0.4, -0.2) is 19.0 Å². The van der Waals surface area contributed by atoms with Gasteiger partial charge in [0.1, 0.15) is 24.7 Å². The number of ether oxygens (including phenoxy) is 2. The maximum absolute atomic E-state index is 12.5. The van der Waals surface area contributed by atoms with Crippen molar-refractivity contribution >= 4 is 11.9 Å². The van der Waals surface area contributed by atoms with E-state index in [4.69, 9.17) is 9.47 Å². The van der Waals surface area contributed by atoms with Crippen molar-refractivity contribution in [2.75, 3.05) is 13.2 Å². The Labute approximate surface area is 129 Å². The quantitative estimate of drug-likeness (QED) is 0.633. The fourth-order valence-electron chi connectivity index (χ4n) is 2.33. The number of ketones is 1. The lowest BCUT2D eigenvalue weighted by Gasteiger charge is -2.18. The Morgan fingerprint density at radius 1 is 1.18 bits per heavy atom. The molecular weight excluding hydrogens is 276 g/mol. The first-order valence-corrected chi connectivity index (χ1v) is 7.09. The molecule has 0 N–H and O–H groups in total. The fraction of sp³-hybridized carbons (Fsp3) is 0.105. The Kier molecular flexibility index (Phi) is 4.05. The summed E-state index contributed by atoms with van der Waals surface area (Å²) in [7, 11) is 0.